The number of ether oxygens (including phenoxy) is 2. The van der Waals surface area contributed by atoms with E-state index in [2.05, 4.69) is 41.9 Å². The van der Waals surface area contributed by atoms with E-state index in [0.29, 0.717) is 6.61 Å². The fourth-order valence-electron chi connectivity index (χ4n) is 1.46. The van der Waals surface area contributed by atoms with Crippen LogP contribution in [0, 0.1) is 13.8 Å². The maximum atomic E-state index is 5.70. The molecule has 0 heterocycles. The van der Waals surface area contributed by atoms with Gasteiger partial charge in [0, 0.05) is 20.1 Å². The minimum atomic E-state index is 0.691. The Morgan fingerprint density at radius 1 is 1.20 bits per heavy atom. The van der Waals surface area contributed by atoms with Gasteiger partial charge in [0.2, 0.25) is 0 Å². The molecule has 0 saturated carbocycles. The van der Waals surface area contributed by atoms with Gasteiger partial charge in [-0.2, -0.15) is 0 Å². The van der Waals surface area contributed by atoms with E-state index >= 15 is 0 Å². The summed E-state index contributed by atoms with van der Waals surface area (Å²) in [5.74, 6) is 0.941. The number of rotatable bonds is 5. The van der Waals surface area contributed by atoms with Crippen LogP contribution in [0.3, 0.4) is 0 Å². The summed E-state index contributed by atoms with van der Waals surface area (Å²) in [6.07, 6.45) is 0.913. The Morgan fingerprint density at radius 2 is 1.93 bits per heavy atom. The second kappa shape index (κ2) is 6.13. The van der Waals surface area contributed by atoms with Crippen LogP contribution in [0.15, 0.2) is 16.6 Å². The second-order valence-corrected chi connectivity index (χ2v) is 4.44. The summed E-state index contributed by atoms with van der Waals surface area (Å²) in [6, 6.07) is 4.19. The molecule has 1 rings (SSSR count). The minimum absolute atomic E-state index is 0.691. The molecule has 0 spiro atoms. The SMILES string of the molecule is COCCCOc1c(C)cc(C)cc1Br. The fourth-order valence-corrected chi connectivity index (χ4v) is 2.25. The molecule has 0 bridgehead atoms. The Morgan fingerprint density at radius 3 is 2.53 bits per heavy atom. The summed E-state index contributed by atoms with van der Waals surface area (Å²) >= 11 is 3.51. The monoisotopic (exact) mass is 272 g/mol. The molecule has 0 fully saturated rings. The van der Waals surface area contributed by atoms with E-state index in [9.17, 15) is 0 Å². The zero-order valence-electron chi connectivity index (χ0n) is 9.47. The number of halogens is 1. The van der Waals surface area contributed by atoms with Gasteiger partial charge in [-0.15, -0.1) is 0 Å². The lowest BCUT2D eigenvalue weighted by Crippen LogP contribution is -2.03. The summed E-state index contributed by atoms with van der Waals surface area (Å²) in [5, 5.41) is 0. The highest BCUT2D eigenvalue weighted by molar-refractivity contribution is 9.10. The molecular formula is C12H17BrO2. The third-order valence-electron chi connectivity index (χ3n) is 2.11. The van der Waals surface area contributed by atoms with Crippen molar-refractivity contribution in [3.8, 4) is 5.75 Å². The number of methoxy groups -OCH3 is 1. The predicted molar refractivity (Wildman–Crippen MR) is 65.6 cm³/mol. The third kappa shape index (κ3) is 3.84. The van der Waals surface area contributed by atoms with E-state index in [1.165, 1.54) is 11.1 Å². The Balaban J connectivity index is 2.60. The Bertz CT molecular complexity index is 300. The second-order valence-electron chi connectivity index (χ2n) is 3.59. The standard InChI is InChI=1S/C12H17BrO2/c1-9-7-10(2)12(11(13)8-9)15-6-4-5-14-3/h7-8H,4-6H2,1-3H3. The third-order valence-corrected chi connectivity index (χ3v) is 2.70. The molecule has 0 aliphatic carbocycles. The Labute approximate surface area is 99.7 Å². The van der Waals surface area contributed by atoms with Crippen LogP contribution in [0.4, 0.5) is 0 Å². The van der Waals surface area contributed by atoms with E-state index in [0.717, 1.165) is 23.2 Å². The molecule has 0 aliphatic rings. The van der Waals surface area contributed by atoms with Crippen molar-refractivity contribution in [2.75, 3.05) is 20.3 Å². The fraction of sp³-hybridized carbons (Fsp3) is 0.500. The first-order chi connectivity index (χ1) is 7.15. The van der Waals surface area contributed by atoms with Gasteiger partial charge in [0.1, 0.15) is 5.75 Å². The molecule has 0 atom stereocenters. The van der Waals surface area contributed by atoms with Gasteiger partial charge in [-0.05, 0) is 47.0 Å². The van der Waals surface area contributed by atoms with Gasteiger partial charge in [0.15, 0.2) is 0 Å². The summed E-state index contributed by atoms with van der Waals surface area (Å²) < 4.78 is 11.7. The van der Waals surface area contributed by atoms with Crippen molar-refractivity contribution in [3.63, 3.8) is 0 Å². The number of hydrogen-bond acceptors (Lipinski definition) is 2. The first-order valence-electron chi connectivity index (χ1n) is 5.03. The van der Waals surface area contributed by atoms with Gasteiger partial charge in [-0.3, -0.25) is 0 Å². The van der Waals surface area contributed by atoms with Gasteiger partial charge in [0.25, 0.3) is 0 Å². The summed E-state index contributed by atoms with van der Waals surface area (Å²) in [6.45, 7) is 5.56. The lowest BCUT2D eigenvalue weighted by atomic mass is 10.1. The van der Waals surface area contributed by atoms with Crippen LogP contribution in [0.2, 0.25) is 0 Å². The highest BCUT2D eigenvalue weighted by atomic mass is 79.9. The highest BCUT2D eigenvalue weighted by Crippen LogP contribution is 2.30. The molecule has 1 aromatic carbocycles. The predicted octanol–water partition coefficient (Wildman–Crippen LogP) is 3.48. The van der Waals surface area contributed by atoms with Crippen LogP contribution < -0.4 is 4.74 Å². The first-order valence-corrected chi connectivity index (χ1v) is 5.83. The summed E-state index contributed by atoms with van der Waals surface area (Å²) in [7, 11) is 1.70. The van der Waals surface area contributed by atoms with Gasteiger partial charge >= 0.3 is 0 Å². The van der Waals surface area contributed by atoms with Crippen LogP contribution in [0.5, 0.6) is 5.75 Å². The number of aryl methyl sites for hydroxylation is 2. The lowest BCUT2D eigenvalue weighted by Gasteiger charge is -2.11. The maximum Gasteiger partial charge on any atom is 0.136 e. The van der Waals surface area contributed by atoms with E-state index in [-0.39, 0.29) is 0 Å². The zero-order chi connectivity index (χ0) is 11.3. The highest BCUT2D eigenvalue weighted by Gasteiger charge is 2.05. The molecule has 0 N–H and O–H groups in total. The molecular weight excluding hydrogens is 256 g/mol. The van der Waals surface area contributed by atoms with Crippen LogP contribution >= 0.6 is 15.9 Å². The molecule has 0 unspecified atom stereocenters. The Hall–Kier alpha value is -0.540. The minimum Gasteiger partial charge on any atom is -0.492 e. The van der Waals surface area contributed by atoms with Crippen LogP contribution in [-0.4, -0.2) is 20.3 Å². The van der Waals surface area contributed by atoms with Crippen LogP contribution in [0.1, 0.15) is 17.5 Å². The molecule has 84 valence electrons. The van der Waals surface area contributed by atoms with E-state index < -0.39 is 0 Å². The number of benzene rings is 1. The first kappa shape index (κ1) is 12.5. The van der Waals surface area contributed by atoms with Gasteiger partial charge < -0.3 is 9.47 Å². The smallest absolute Gasteiger partial charge is 0.136 e. The molecule has 0 radical (unpaired) electrons. The van der Waals surface area contributed by atoms with Gasteiger partial charge in [-0.1, -0.05) is 6.07 Å². The number of hydrogen-bond donors (Lipinski definition) is 0. The van der Waals surface area contributed by atoms with Crippen LogP contribution in [0.25, 0.3) is 0 Å². The maximum absolute atomic E-state index is 5.70. The Kier molecular flexibility index (Phi) is 5.12. The summed E-state index contributed by atoms with van der Waals surface area (Å²) in [5.41, 5.74) is 2.41. The van der Waals surface area contributed by atoms with Gasteiger partial charge in [0.05, 0.1) is 11.1 Å². The zero-order valence-corrected chi connectivity index (χ0v) is 11.1. The topological polar surface area (TPSA) is 18.5 Å². The molecule has 15 heavy (non-hydrogen) atoms. The molecule has 0 amide bonds. The normalized spacial score (nSPS) is 10.4. The average molecular weight is 273 g/mol. The van der Waals surface area contributed by atoms with Crippen molar-refractivity contribution in [2.45, 2.75) is 20.3 Å². The van der Waals surface area contributed by atoms with Crippen molar-refractivity contribution in [1.29, 1.82) is 0 Å². The molecule has 0 aromatic heterocycles. The summed E-state index contributed by atoms with van der Waals surface area (Å²) in [4.78, 5) is 0. The molecule has 0 aliphatic heterocycles. The average Bonchev–Trinajstić information content (AvgIpc) is 2.15. The molecule has 0 saturated heterocycles. The van der Waals surface area contributed by atoms with Crippen molar-refractivity contribution < 1.29 is 9.47 Å². The van der Waals surface area contributed by atoms with Gasteiger partial charge in [-0.25, -0.2) is 0 Å². The lowest BCUT2D eigenvalue weighted by molar-refractivity contribution is 0.171. The quantitative estimate of drug-likeness (QED) is 0.765. The molecule has 2 nitrogen and oxygen atoms in total. The largest absolute Gasteiger partial charge is 0.492 e. The molecule has 1 aromatic rings. The van der Waals surface area contributed by atoms with Crippen molar-refractivity contribution in [2.24, 2.45) is 0 Å². The van der Waals surface area contributed by atoms with E-state index in [1.807, 2.05) is 0 Å². The van der Waals surface area contributed by atoms with Crippen LogP contribution in [-0.2, 0) is 4.74 Å². The van der Waals surface area contributed by atoms with E-state index in [4.69, 9.17) is 9.47 Å². The van der Waals surface area contributed by atoms with Crippen molar-refractivity contribution in [3.05, 3.63) is 27.7 Å². The van der Waals surface area contributed by atoms with E-state index in [1.54, 1.807) is 7.11 Å². The van der Waals surface area contributed by atoms with Crippen molar-refractivity contribution >= 4 is 15.9 Å². The molecule has 3 heteroatoms. The van der Waals surface area contributed by atoms with Crippen molar-refractivity contribution in [1.82, 2.24) is 0 Å².